The lowest BCUT2D eigenvalue weighted by Gasteiger charge is -2.07. The molecular weight excluding hydrogens is 188 g/mol. The number of nitrogens with two attached hydrogens (primary N) is 1. The van der Waals surface area contributed by atoms with E-state index < -0.39 is 0 Å². The van der Waals surface area contributed by atoms with Crippen LogP contribution in [0.3, 0.4) is 0 Å². The highest BCUT2D eigenvalue weighted by molar-refractivity contribution is 5.31. The number of benzene rings is 1. The lowest BCUT2D eigenvalue weighted by Crippen LogP contribution is -2.07. The van der Waals surface area contributed by atoms with Crippen molar-refractivity contribution in [1.29, 1.82) is 0 Å². The maximum atomic E-state index is 5.66. The molecule has 0 fully saturated rings. The van der Waals surface area contributed by atoms with Gasteiger partial charge in [-0.25, -0.2) is 9.67 Å². The third kappa shape index (κ3) is 1.98. The molecule has 15 heavy (non-hydrogen) atoms. The molecule has 0 radical (unpaired) electrons. The summed E-state index contributed by atoms with van der Waals surface area (Å²) < 4.78 is 1.69. The summed E-state index contributed by atoms with van der Waals surface area (Å²) in [4.78, 5) is 3.89. The van der Waals surface area contributed by atoms with E-state index in [2.05, 4.69) is 42.1 Å². The normalized spacial score (nSPS) is 10.5. The minimum Gasteiger partial charge on any atom is -0.368 e. The molecule has 2 aromatic rings. The van der Waals surface area contributed by atoms with Crippen LogP contribution in [0.15, 0.2) is 24.5 Å². The molecule has 0 unspecified atom stereocenters. The minimum atomic E-state index is 0.454. The maximum absolute atomic E-state index is 5.66. The van der Waals surface area contributed by atoms with Gasteiger partial charge in [0.25, 0.3) is 0 Å². The predicted molar refractivity (Wildman–Crippen MR) is 59.5 cm³/mol. The maximum Gasteiger partial charge on any atom is 0.218 e. The fourth-order valence-electron chi connectivity index (χ4n) is 1.58. The highest BCUT2D eigenvalue weighted by Gasteiger charge is 2.03. The summed E-state index contributed by atoms with van der Waals surface area (Å²) in [7, 11) is 0. The molecule has 0 aliphatic carbocycles. The molecule has 2 rings (SSSR count). The van der Waals surface area contributed by atoms with Crippen LogP contribution in [0.1, 0.15) is 16.7 Å². The molecule has 0 saturated heterocycles. The average molecular weight is 202 g/mol. The van der Waals surface area contributed by atoms with Crippen molar-refractivity contribution in [3.63, 3.8) is 0 Å². The number of nitrogen functional groups attached to an aromatic ring is 1. The molecular formula is C11H14N4. The topological polar surface area (TPSA) is 56.7 Å². The Labute approximate surface area is 88.8 Å². The van der Waals surface area contributed by atoms with E-state index in [4.69, 9.17) is 5.73 Å². The van der Waals surface area contributed by atoms with Gasteiger partial charge in [0, 0.05) is 0 Å². The van der Waals surface area contributed by atoms with Crippen LogP contribution < -0.4 is 5.73 Å². The third-order valence-electron chi connectivity index (χ3n) is 2.46. The van der Waals surface area contributed by atoms with Gasteiger partial charge in [0.2, 0.25) is 5.95 Å². The summed E-state index contributed by atoms with van der Waals surface area (Å²) in [6.07, 6.45) is 1.47. The van der Waals surface area contributed by atoms with Crippen molar-refractivity contribution in [3.05, 3.63) is 41.2 Å². The molecule has 0 aliphatic heterocycles. The summed E-state index contributed by atoms with van der Waals surface area (Å²) in [5.41, 5.74) is 9.40. The van der Waals surface area contributed by atoms with Crippen molar-refractivity contribution >= 4 is 5.95 Å². The minimum absolute atomic E-state index is 0.454. The van der Waals surface area contributed by atoms with E-state index in [1.807, 2.05) is 0 Å². The van der Waals surface area contributed by atoms with Crippen LogP contribution in [-0.4, -0.2) is 14.8 Å². The Morgan fingerprint density at radius 1 is 1.33 bits per heavy atom. The predicted octanol–water partition coefficient (Wildman–Crippen LogP) is 1.53. The molecule has 0 atom stereocenters. The fraction of sp³-hybridized carbons (Fsp3) is 0.273. The molecule has 1 aromatic heterocycles. The van der Waals surface area contributed by atoms with Crippen LogP contribution >= 0.6 is 0 Å². The van der Waals surface area contributed by atoms with Gasteiger partial charge < -0.3 is 5.73 Å². The molecule has 4 heteroatoms. The van der Waals surface area contributed by atoms with Gasteiger partial charge in [0.15, 0.2) is 0 Å². The van der Waals surface area contributed by atoms with Crippen LogP contribution in [0.4, 0.5) is 5.95 Å². The van der Waals surface area contributed by atoms with Gasteiger partial charge in [-0.05, 0) is 25.0 Å². The first kappa shape index (κ1) is 9.71. The van der Waals surface area contributed by atoms with Crippen LogP contribution in [0.2, 0.25) is 0 Å². The number of aromatic nitrogens is 3. The van der Waals surface area contributed by atoms with E-state index in [0.717, 1.165) is 0 Å². The molecule has 4 nitrogen and oxygen atoms in total. The van der Waals surface area contributed by atoms with Crippen molar-refractivity contribution in [2.45, 2.75) is 20.4 Å². The standard InChI is InChI=1S/C11H14N4/c1-8-3-4-10(9(2)5-8)6-15-11(12)13-7-14-15/h3-5,7H,6H2,1-2H3,(H2,12,13,14). The van der Waals surface area contributed by atoms with E-state index in [9.17, 15) is 0 Å². The van der Waals surface area contributed by atoms with Gasteiger partial charge in [-0.15, -0.1) is 0 Å². The number of hydrogen-bond acceptors (Lipinski definition) is 3. The van der Waals surface area contributed by atoms with Gasteiger partial charge in [-0.3, -0.25) is 0 Å². The largest absolute Gasteiger partial charge is 0.368 e. The van der Waals surface area contributed by atoms with Crippen molar-refractivity contribution in [1.82, 2.24) is 14.8 Å². The number of nitrogens with zero attached hydrogens (tertiary/aromatic N) is 3. The van der Waals surface area contributed by atoms with E-state index in [1.54, 1.807) is 4.68 Å². The number of hydrogen-bond donors (Lipinski definition) is 1. The van der Waals surface area contributed by atoms with Crippen LogP contribution in [0, 0.1) is 13.8 Å². The lowest BCUT2D eigenvalue weighted by molar-refractivity contribution is 0.693. The second-order valence-electron chi connectivity index (χ2n) is 3.71. The van der Waals surface area contributed by atoms with E-state index in [0.29, 0.717) is 12.5 Å². The first-order valence-corrected chi connectivity index (χ1v) is 4.86. The summed E-state index contributed by atoms with van der Waals surface area (Å²) in [6.45, 7) is 4.86. The SMILES string of the molecule is Cc1ccc(Cn2ncnc2N)c(C)c1. The zero-order valence-corrected chi connectivity index (χ0v) is 8.94. The highest BCUT2D eigenvalue weighted by atomic mass is 15.4. The van der Waals surface area contributed by atoms with Crippen molar-refractivity contribution in [2.75, 3.05) is 5.73 Å². The number of aryl methyl sites for hydroxylation is 2. The average Bonchev–Trinajstić information content (AvgIpc) is 2.57. The van der Waals surface area contributed by atoms with Gasteiger partial charge >= 0.3 is 0 Å². The van der Waals surface area contributed by atoms with Gasteiger partial charge in [-0.2, -0.15) is 5.10 Å². The fourth-order valence-corrected chi connectivity index (χ4v) is 1.58. The van der Waals surface area contributed by atoms with Crippen molar-refractivity contribution in [3.8, 4) is 0 Å². The van der Waals surface area contributed by atoms with E-state index >= 15 is 0 Å². The Bertz CT molecular complexity index is 473. The second-order valence-corrected chi connectivity index (χ2v) is 3.71. The smallest absolute Gasteiger partial charge is 0.218 e. The lowest BCUT2D eigenvalue weighted by atomic mass is 10.1. The quantitative estimate of drug-likeness (QED) is 0.803. The van der Waals surface area contributed by atoms with Crippen LogP contribution in [0.25, 0.3) is 0 Å². The van der Waals surface area contributed by atoms with Gasteiger partial charge in [0.1, 0.15) is 6.33 Å². The third-order valence-corrected chi connectivity index (χ3v) is 2.46. The van der Waals surface area contributed by atoms with E-state index in [1.165, 1.54) is 23.0 Å². The monoisotopic (exact) mass is 202 g/mol. The number of anilines is 1. The zero-order chi connectivity index (χ0) is 10.8. The molecule has 0 spiro atoms. The first-order valence-electron chi connectivity index (χ1n) is 4.86. The van der Waals surface area contributed by atoms with Gasteiger partial charge in [0.05, 0.1) is 6.54 Å². The first-order chi connectivity index (χ1) is 7.16. The summed E-state index contributed by atoms with van der Waals surface area (Å²) >= 11 is 0. The molecule has 0 aliphatic rings. The molecule has 1 aromatic carbocycles. The Morgan fingerprint density at radius 3 is 2.73 bits per heavy atom. The Hall–Kier alpha value is -1.84. The molecule has 0 amide bonds. The summed E-state index contributed by atoms with van der Waals surface area (Å²) in [5.74, 6) is 0.454. The molecule has 78 valence electrons. The van der Waals surface area contributed by atoms with Crippen molar-refractivity contribution in [2.24, 2.45) is 0 Å². The second kappa shape index (κ2) is 3.73. The van der Waals surface area contributed by atoms with Crippen LogP contribution in [0.5, 0.6) is 0 Å². The molecule has 0 bridgehead atoms. The van der Waals surface area contributed by atoms with E-state index in [-0.39, 0.29) is 0 Å². The Morgan fingerprint density at radius 2 is 2.13 bits per heavy atom. The molecule has 1 heterocycles. The van der Waals surface area contributed by atoms with Gasteiger partial charge in [-0.1, -0.05) is 23.8 Å². The zero-order valence-electron chi connectivity index (χ0n) is 8.94. The molecule has 2 N–H and O–H groups in total. The molecule has 0 saturated carbocycles. The highest BCUT2D eigenvalue weighted by Crippen LogP contribution is 2.12. The Kier molecular flexibility index (Phi) is 2.41. The number of rotatable bonds is 2. The van der Waals surface area contributed by atoms with Crippen molar-refractivity contribution < 1.29 is 0 Å². The summed E-state index contributed by atoms with van der Waals surface area (Å²) in [6, 6.07) is 6.35. The Balaban J connectivity index is 2.29. The summed E-state index contributed by atoms with van der Waals surface area (Å²) in [5, 5.41) is 4.06. The van der Waals surface area contributed by atoms with Crippen LogP contribution in [-0.2, 0) is 6.54 Å².